The summed E-state index contributed by atoms with van der Waals surface area (Å²) in [5.41, 5.74) is 2.09. The number of pyridine rings is 1. The molecular weight excluding hydrogens is 331 g/mol. The van der Waals surface area contributed by atoms with Gasteiger partial charge in [-0.1, -0.05) is 6.07 Å². The Kier molecular flexibility index (Phi) is 8.98. The van der Waals surface area contributed by atoms with Crippen molar-refractivity contribution in [2.75, 3.05) is 28.2 Å². The number of hydrogen-bond donors (Lipinski definition) is 0. The van der Waals surface area contributed by atoms with E-state index in [4.69, 9.17) is 0 Å². The van der Waals surface area contributed by atoms with E-state index >= 15 is 0 Å². The van der Waals surface area contributed by atoms with E-state index < -0.39 is 8.16 Å². The summed E-state index contributed by atoms with van der Waals surface area (Å²) >= 11 is 0. The molecule has 1 heterocycles. The standard InChI is InChI=1S/C12H18N3.F5P.FH/c1-14(2)9-11(10-15(3)4)12-7-5-6-8-13-12;1-6(2,3,4)5;/h5-10H,1-4H3;;1H/q+1;;/p-1. The average Bonchev–Trinajstić information content (AvgIpc) is 2.24. The molecule has 0 spiro atoms. The molecule has 0 unspecified atom stereocenters. The Morgan fingerprint density at radius 2 is 1.64 bits per heavy atom. The van der Waals surface area contributed by atoms with Crippen molar-refractivity contribution in [3.8, 4) is 0 Å². The molecule has 22 heavy (non-hydrogen) atoms. The molecule has 0 fully saturated rings. The first kappa shape index (κ1) is 22.6. The molecule has 0 aliphatic carbocycles. The van der Waals surface area contributed by atoms with Crippen LogP contribution in [0.3, 0.4) is 0 Å². The number of aromatic nitrogens is 1. The molecule has 0 aliphatic heterocycles. The largest absolute Gasteiger partial charge is 1.00 e. The van der Waals surface area contributed by atoms with Crippen LogP contribution in [-0.2, 0) is 0 Å². The minimum absolute atomic E-state index is 0. The van der Waals surface area contributed by atoms with Gasteiger partial charge in [-0.25, -0.2) is 4.58 Å². The molecule has 0 radical (unpaired) electrons. The predicted octanol–water partition coefficient (Wildman–Crippen LogP) is 1.29. The van der Waals surface area contributed by atoms with E-state index in [1.165, 1.54) is 0 Å². The van der Waals surface area contributed by atoms with Gasteiger partial charge in [0.2, 0.25) is 0 Å². The van der Waals surface area contributed by atoms with Crippen LogP contribution in [0, 0.1) is 0 Å². The number of allylic oxidation sites excluding steroid dienone is 1. The fraction of sp³-hybridized carbons (Fsp3) is 0.333. The molecule has 1 rings (SSSR count). The van der Waals surface area contributed by atoms with Crippen molar-refractivity contribution in [2.45, 2.75) is 0 Å². The summed E-state index contributed by atoms with van der Waals surface area (Å²) < 4.78 is 51.2. The zero-order valence-electron chi connectivity index (χ0n) is 12.5. The molecule has 0 aliphatic rings. The summed E-state index contributed by atoms with van der Waals surface area (Å²) in [6.07, 6.45) is 5.92. The van der Waals surface area contributed by atoms with Crippen molar-refractivity contribution in [3.05, 3.63) is 36.3 Å². The van der Waals surface area contributed by atoms with Crippen LogP contribution in [0.5, 0.6) is 0 Å². The second-order valence-corrected chi connectivity index (χ2v) is 5.77. The molecule has 1 aromatic rings. The molecule has 0 bridgehead atoms. The van der Waals surface area contributed by atoms with Crippen LogP contribution in [-0.4, -0.2) is 48.9 Å². The molecule has 1 aromatic heterocycles. The number of hydrogen-bond acceptors (Lipinski definition) is 2. The van der Waals surface area contributed by atoms with Gasteiger partial charge in [-0.2, -0.15) is 0 Å². The zero-order chi connectivity index (χ0) is 16.7. The molecule has 0 saturated heterocycles. The van der Waals surface area contributed by atoms with E-state index in [9.17, 15) is 21.0 Å². The van der Waals surface area contributed by atoms with Crippen molar-refractivity contribution >= 4 is 19.9 Å². The van der Waals surface area contributed by atoms with Gasteiger partial charge in [0.1, 0.15) is 14.1 Å². The van der Waals surface area contributed by atoms with Crippen molar-refractivity contribution in [2.24, 2.45) is 0 Å². The minimum atomic E-state index is -8.55. The first-order chi connectivity index (χ1) is 9.33. The number of rotatable bonds is 3. The second kappa shape index (κ2) is 8.73. The van der Waals surface area contributed by atoms with E-state index in [1.54, 1.807) is 0 Å². The molecule has 0 saturated carbocycles. The maximum absolute atomic E-state index is 9.84. The molecule has 3 nitrogen and oxygen atoms in total. The second-order valence-electron chi connectivity index (χ2n) is 4.49. The average molecular weight is 349 g/mol. The zero-order valence-corrected chi connectivity index (χ0v) is 13.4. The van der Waals surface area contributed by atoms with Crippen LogP contribution in [0.4, 0.5) is 21.0 Å². The third kappa shape index (κ3) is 16.4. The number of halogens is 6. The third-order valence-electron chi connectivity index (χ3n) is 1.76. The van der Waals surface area contributed by atoms with Gasteiger partial charge in [0, 0.05) is 26.5 Å². The van der Waals surface area contributed by atoms with Gasteiger partial charge in [0.25, 0.3) is 0 Å². The van der Waals surface area contributed by atoms with Gasteiger partial charge in [0.05, 0.1) is 11.3 Å². The van der Waals surface area contributed by atoms with Gasteiger partial charge >= 0.3 is 29.1 Å². The van der Waals surface area contributed by atoms with E-state index in [1.807, 2.05) is 62.1 Å². The van der Waals surface area contributed by atoms with Gasteiger partial charge in [-0.05, 0) is 12.1 Å². The summed E-state index contributed by atoms with van der Waals surface area (Å²) in [5.74, 6) is 0. The Balaban J connectivity index is 0. The van der Waals surface area contributed by atoms with Gasteiger partial charge in [0.15, 0.2) is 6.21 Å². The van der Waals surface area contributed by atoms with Crippen molar-refractivity contribution in [3.63, 3.8) is 0 Å². The topological polar surface area (TPSA) is 19.1 Å². The Hall–Kier alpha value is -1.63. The molecule has 0 amide bonds. The predicted molar refractivity (Wildman–Crippen MR) is 76.5 cm³/mol. The first-order valence-electron chi connectivity index (χ1n) is 5.75. The first-order valence-corrected chi connectivity index (χ1v) is 7.44. The Bertz CT molecular complexity index is 488. The summed E-state index contributed by atoms with van der Waals surface area (Å²) in [4.78, 5) is 6.35. The Labute approximate surface area is 125 Å². The van der Waals surface area contributed by atoms with E-state index in [2.05, 4.69) is 17.4 Å². The van der Waals surface area contributed by atoms with Crippen LogP contribution in [0.15, 0.2) is 30.6 Å². The quantitative estimate of drug-likeness (QED) is 0.355. The van der Waals surface area contributed by atoms with Gasteiger partial charge in [-0.3, -0.25) is 4.98 Å². The van der Waals surface area contributed by atoms with Crippen LogP contribution < -0.4 is 4.70 Å². The normalized spacial score (nSPS) is 12.8. The maximum Gasteiger partial charge on any atom is -1.00 e. The molecule has 128 valence electrons. The molecule has 10 heteroatoms. The Morgan fingerprint density at radius 1 is 1.14 bits per heavy atom. The molecule has 0 N–H and O–H groups in total. The SMILES string of the molecule is CN(C)/C=C(/C=[N+](C)C)c1ccccn1.FP(F)(F)(F)F.[F-]. The Morgan fingerprint density at radius 3 is 1.95 bits per heavy atom. The van der Waals surface area contributed by atoms with Gasteiger partial charge in [-0.15, -0.1) is 0 Å². The van der Waals surface area contributed by atoms with E-state index in [-0.39, 0.29) is 4.70 Å². The fourth-order valence-corrected chi connectivity index (χ4v) is 1.26. The molecular formula is C12H18F6N3P. The minimum Gasteiger partial charge on any atom is -1.00 e. The van der Waals surface area contributed by atoms with Crippen LogP contribution in [0.1, 0.15) is 5.69 Å². The van der Waals surface area contributed by atoms with Crippen LogP contribution in [0.25, 0.3) is 5.57 Å². The van der Waals surface area contributed by atoms with Crippen molar-refractivity contribution in [1.82, 2.24) is 9.88 Å². The molecule has 0 aromatic carbocycles. The monoisotopic (exact) mass is 349 g/mol. The fourth-order valence-electron chi connectivity index (χ4n) is 1.26. The summed E-state index contributed by atoms with van der Waals surface area (Å²) in [7, 11) is -0.524. The van der Waals surface area contributed by atoms with Crippen molar-refractivity contribution in [1.29, 1.82) is 0 Å². The molecule has 0 atom stereocenters. The summed E-state index contributed by atoms with van der Waals surface area (Å²) in [6.45, 7) is 0. The van der Waals surface area contributed by atoms with E-state index in [0.29, 0.717) is 0 Å². The number of nitrogens with zero attached hydrogens (tertiary/aromatic N) is 3. The maximum atomic E-state index is 9.84. The van der Waals surface area contributed by atoms with Crippen LogP contribution in [0.2, 0.25) is 0 Å². The third-order valence-corrected chi connectivity index (χ3v) is 1.76. The van der Waals surface area contributed by atoms with Crippen LogP contribution >= 0.6 is 8.16 Å². The van der Waals surface area contributed by atoms with Crippen molar-refractivity contribution < 1.29 is 30.3 Å². The summed E-state index contributed by atoms with van der Waals surface area (Å²) in [6, 6.07) is 5.93. The summed E-state index contributed by atoms with van der Waals surface area (Å²) in [5, 5.41) is 0. The van der Waals surface area contributed by atoms with Gasteiger partial charge < -0.3 is 9.60 Å². The smallest absolute Gasteiger partial charge is 1.00 e. The van der Waals surface area contributed by atoms with E-state index in [0.717, 1.165) is 11.3 Å².